The van der Waals surface area contributed by atoms with E-state index in [0.717, 1.165) is 56.3 Å². The Bertz CT molecular complexity index is 1640. The van der Waals surface area contributed by atoms with Crippen molar-refractivity contribution in [1.29, 1.82) is 0 Å². The first-order chi connectivity index (χ1) is 20.3. The Morgan fingerprint density at radius 1 is 0.786 bits per heavy atom. The zero-order valence-corrected chi connectivity index (χ0v) is 24.0. The molecular formula is C34H36N2O6. The first-order valence-electron chi connectivity index (χ1n) is 15.8. The second-order valence-electron chi connectivity index (χ2n) is 14.7. The van der Waals surface area contributed by atoms with Crippen LogP contribution >= 0.6 is 0 Å². The Morgan fingerprint density at radius 3 is 2.10 bits per heavy atom. The summed E-state index contributed by atoms with van der Waals surface area (Å²) in [6.07, 6.45) is 3.17. The Balaban J connectivity index is 1.14. The number of Topliss-reactive ketones (excluding diaryl/α,β-unsaturated/α-hetero) is 2. The average molecular weight is 569 g/mol. The molecule has 2 N–H and O–H groups in total. The van der Waals surface area contributed by atoms with Crippen molar-refractivity contribution in [3.05, 3.63) is 46.5 Å². The Kier molecular flexibility index (Phi) is 4.35. The standard InChI is InChI=1S/C34H36N2O6/c1-35-9-7-33-19-13-18(28(40)32(33)42-29-22(37)5-3-15(25(29)33)11-20(19)35)17-14-24(39)31-34-8-10-36(2)21(27(17)34)12-16-4-6-23(38)30(41-31)26(16)34/h3-6,17-21,27,31-32,37-38H,7-14H2,1-2H3/t17?,18?,19-,20+,21+,27-,31-,32-,33-,34+/m0/s1. The van der Waals surface area contributed by atoms with Crippen LogP contribution in [0.4, 0.5) is 0 Å². The normalized spacial score (nSPS) is 43.9. The number of piperidine rings is 2. The summed E-state index contributed by atoms with van der Waals surface area (Å²) in [5, 5.41) is 21.8. The van der Waals surface area contributed by atoms with Gasteiger partial charge in [-0.3, -0.25) is 9.59 Å². The number of phenols is 2. The van der Waals surface area contributed by atoms with Gasteiger partial charge in [0.05, 0.1) is 0 Å². The minimum Gasteiger partial charge on any atom is -0.504 e. The summed E-state index contributed by atoms with van der Waals surface area (Å²) in [5.74, 6) is 1.31. The van der Waals surface area contributed by atoms with E-state index in [9.17, 15) is 19.8 Å². The van der Waals surface area contributed by atoms with Gasteiger partial charge in [-0.2, -0.15) is 0 Å². The van der Waals surface area contributed by atoms with Crippen molar-refractivity contribution in [2.45, 2.75) is 73.6 Å². The maximum Gasteiger partial charge on any atom is 0.177 e. The third-order valence-electron chi connectivity index (χ3n) is 13.5. The summed E-state index contributed by atoms with van der Waals surface area (Å²) < 4.78 is 13.0. The van der Waals surface area contributed by atoms with E-state index in [0.29, 0.717) is 24.0 Å². The van der Waals surface area contributed by atoms with Gasteiger partial charge in [-0.25, -0.2) is 0 Å². The van der Waals surface area contributed by atoms with E-state index < -0.39 is 23.0 Å². The van der Waals surface area contributed by atoms with Gasteiger partial charge in [0.1, 0.15) is 0 Å². The highest BCUT2D eigenvalue weighted by molar-refractivity contribution is 5.94. The van der Waals surface area contributed by atoms with Crippen molar-refractivity contribution in [3.63, 3.8) is 0 Å². The fourth-order valence-corrected chi connectivity index (χ4v) is 12.0. The lowest BCUT2D eigenvalue weighted by Gasteiger charge is -2.63. The fraction of sp³-hybridized carbons (Fsp3) is 0.588. The number of likely N-dealkylation sites (tertiary alicyclic amines) is 2. The first kappa shape index (κ1) is 24.4. The van der Waals surface area contributed by atoms with Crippen molar-refractivity contribution >= 4 is 11.6 Å². The number of benzene rings is 2. The van der Waals surface area contributed by atoms with Crippen LogP contribution in [0, 0.1) is 23.7 Å². The van der Waals surface area contributed by atoms with Crippen LogP contribution in [0.1, 0.15) is 47.9 Å². The number of hydrogen-bond acceptors (Lipinski definition) is 8. The molecule has 2 aromatic rings. The van der Waals surface area contributed by atoms with E-state index in [1.807, 2.05) is 12.1 Å². The molecule has 8 aliphatic rings. The second kappa shape index (κ2) is 7.51. The van der Waals surface area contributed by atoms with Crippen LogP contribution in [-0.4, -0.2) is 83.1 Å². The molecule has 0 radical (unpaired) electrons. The predicted octanol–water partition coefficient (Wildman–Crippen LogP) is 2.73. The monoisotopic (exact) mass is 568 g/mol. The first-order valence-corrected chi connectivity index (χ1v) is 15.8. The van der Waals surface area contributed by atoms with Gasteiger partial charge >= 0.3 is 0 Å². The van der Waals surface area contributed by atoms with Gasteiger partial charge in [0.15, 0.2) is 46.8 Å². The molecular weight excluding hydrogens is 532 g/mol. The summed E-state index contributed by atoms with van der Waals surface area (Å²) >= 11 is 0. The zero-order valence-electron chi connectivity index (χ0n) is 24.0. The van der Waals surface area contributed by atoms with E-state index in [-0.39, 0.29) is 52.8 Å². The molecule has 10 atom stereocenters. The molecule has 0 aromatic heterocycles. The maximum absolute atomic E-state index is 14.9. The third-order valence-corrected chi connectivity index (χ3v) is 13.5. The van der Waals surface area contributed by atoms with Crippen LogP contribution in [0.5, 0.6) is 23.0 Å². The van der Waals surface area contributed by atoms with Crippen LogP contribution in [0.2, 0.25) is 0 Å². The number of rotatable bonds is 1. The average Bonchev–Trinajstić information content (AvgIpc) is 3.51. The summed E-state index contributed by atoms with van der Waals surface area (Å²) in [4.78, 5) is 33.9. The molecule has 8 heteroatoms. The van der Waals surface area contributed by atoms with Crippen LogP contribution < -0.4 is 9.47 Å². The quantitative estimate of drug-likeness (QED) is 0.542. The van der Waals surface area contributed by atoms with E-state index in [2.05, 4.69) is 23.9 Å². The minimum atomic E-state index is -0.627. The molecule has 4 aliphatic heterocycles. The van der Waals surface area contributed by atoms with Crippen molar-refractivity contribution in [1.82, 2.24) is 9.80 Å². The minimum absolute atomic E-state index is 0.0626. The summed E-state index contributed by atoms with van der Waals surface area (Å²) in [6.45, 7) is 1.76. The number of ether oxygens (including phenoxy) is 2. The molecule has 2 saturated heterocycles. The van der Waals surface area contributed by atoms with Crippen molar-refractivity contribution < 1.29 is 29.3 Å². The Labute approximate surface area is 244 Å². The van der Waals surface area contributed by atoms with Crippen LogP contribution in [0.15, 0.2) is 24.3 Å². The van der Waals surface area contributed by atoms with Crippen LogP contribution in [0.3, 0.4) is 0 Å². The van der Waals surface area contributed by atoms with Crippen LogP contribution in [-0.2, 0) is 33.3 Å². The molecule has 0 amide bonds. The highest BCUT2D eigenvalue weighted by Crippen LogP contribution is 2.68. The third kappa shape index (κ3) is 2.46. The number of likely N-dealkylation sites (N-methyl/N-ethyl adjacent to an activating group) is 2. The number of carbonyl (C=O) groups is 2. The molecule has 4 heterocycles. The van der Waals surface area contributed by atoms with Gasteiger partial charge in [-0.1, -0.05) is 12.1 Å². The van der Waals surface area contributed by atoms with Gasteiger partial charge < -0.3 is 29.5 Å². The number of aromatic hydroxyl groups is 2. The maximum atomic E-state index is 14.9. The number of phenolic OH excluding ortho intramolecular Hbond substituents is 2. The van der Waals surface area contributed by atoms with Gasteiger partial charge in [-0.15, -0.1) is 0 Å². The predicted molar refractivity (Wildman–Crippen MR) is 151 cm³/mol. The van der Waals surface area contributed by atoms with Crippen molar-refractivity contribution in [2.24, 2.45) is 23.7 Å². The number of carbonyl (C=O) groups excluding carboxylic acids is 2. The van der Waals surface area contributed by atoms with Gasteiger partial charge in [0.2, 0.25) is 0 Å². The molecule has 2 unspecified atom stereocenters. The van der Waals surface area contributed by atoms with E-state index >= 15 is 0 Å². The molecule has 42 heavy (non-hydrogen) atoms. The Hall–Kier alpha value is -3.10. The second-order valence-corrected chi connectivity index (χ2v) is 14.7. The smallest absolute Gasteiger partial charge is 0.177 e. The molecule has 2 saturated carbocycles. The lowest BCUT2D eigenvalue weighted by Crippen LogP contribution is -2.71. The molecule has 10 rings (SSSR count). The number of nitrogens with zero attached hydrogens (tertiary/aromatic N) is 2. The molecule has 4 fully saturated rings. The SMILES string of the molecule is CN1CC[C@]23c4c5ccc(O)c4O[C@H]2C(=O)C(C2CC(=O)[C@@H]4Oc6c(O)ccc7c6[C@@]46CCN(C)[C@H](C7)[C@H]26)C[C@H]3[C@H]1C5. The fourth-order valence-electron chi connectivity index (χ4n) is 12.0. The molecule has 2 spiro atoms. The Morgan fingerprint density at radius 2 is 1.38 bits per heavy atom. The highest BCUT2D eigenvalue weighted by atomic mass is 16.5. The summed E-state index contributed by atoms with van der Waals surface area (Å²) in [5.41, 5.74) is 3.56. The zero-order chi connectivity index (χ0) is 28.4. The molecule has 218 valence electrons. The molecule has 4 aliphatic carbocycles. The van der Waals surface area contributed by atoms with Crippen molar-refractivity contribution in [2.75, 3.05) is 27.2 Å². The van der Waals surface area contributed by atoms with Crippen LogP contribution in [0.25, 0.3) is 0 Å². The lowest BCUT2D eigenvalue weighted by molar-refractivity contribution is -0.162. The van der Waals surface area contributed by atoms with Crippen molar-refractivity contribution in [3.8, 4) is 23.0 Å². The number of hydrogen-bond donors (Lipinski definition) is 2. The highest BCUT2D eigenvalue weighted by Gasteiger charge is 2.73. The summed E-state index contributed by atoms with van der Waals surface area (Å²) in [6, 6.07) is 7.97. The summed E-state index contributed by atoms with van der Waals surface area (Å²) in [7, 11) is 4.39. The van der Waals surface area contributed by atoms with Gasteiger partial charge in [0.25, 0.3) is 0 Å². The topological polar surface area (TPSA) is 99.5 Å². The van der Waals surface area contributed by atoms with E-state index in [1.165, 1.54) is 11.1 Å². The molecule has 2 aromatic carbocycles. The van der Waals surface area contributed by atoms with Gasteiger partial charge in [-0.05, 0) is 100 Å². The lowest BCUT2D eigenvalue weighted by atomic mass is 9.43. The molecule has 4 bridgehead atoms. The number of ketones is 2. The van der Waals surface area contributed by atoms with Gasteiger partial charge in [0, 0.05) is 46.4 Å². The molecule has 8 nitrogen and oxygen atoms in total. The van der Waals surface area contributed by atoms with E-state index in [1.54, 1.807) is 12.1 Å². The largest absolute Gasteiger partial charge is 0.504 e. The van der Waals surface area contributed by atoms with E-state index in [4.69, 9.17) is 9.47 Å².